The quantitative estimate of drug-likeness (QED) is 0.448. The molecular formula is C5H11NO. The smallest absolute Gasteiger partial charge is 0.0691 e. The van der Waals surface area contributed by atoms with Crippen LogP contribution in [0.4, 0.5) is 0 Å². The van der Waals surface area contributed by atoms with Crippen molar-refractivity contribution in [3.63, 3.8) is 0 Å². The van der Waals surface area contributed by atoms with Crippen LogP contribution in [0.5, 0.6) is 0 Å². The zero-order valence-corrected chi connectivity index (χ0v) is 4.15. The summed E-state index contributed by atoms with van der Waals surface area (Å²) < 4.78 is 14.4. The van der Waals surface area contributed by atoms with E-state index in [2.05, 4.69) is 0 Å². The third-order valence-corrected chi connectivity index (χ3v) is 1.23. The first-order valence-electron chi connectivity index (χ1n) is 3.47. The Bertz CT molecular complexity index is 110. The number of aliphatic hydroxyl groups is 1. The second kappa shape index (κ2) is 1.80. The molecule has 0 radical (unpaired) electrons. The van der Waals surface area contributed by atoms with E-state index in [1.807, 2.05) is 0 Å². The molecule has 7 heavy (non-hydrogen) atoms. The van der Waals surface area contributed by atoms with E-state index in [0.29, 0.717) is 19.3 Å². The van der Waals surface area contributed by atoms with Crippen LogP contribution in [0.15, 0.2) is 0 Å². The largest absolute Gasteiger partial charge is 0.392 e. The summed E-state index contributed by atoms with van der Waals surface area (Å²) in [6.07, 6.45) is -0.285. The maximum atomic E-state index is 9.08. The molecule has 1 aliphatic rings. The van der Waals surface area contributed by atoms with Gasteiger partial charge in [0.15, 0.2) is 0 Å². The molecule has 0 aromatic heterocycles. The molecule has 2 unspecified atom stereocenters. The molecule has 0 bridgehead atoms. The van der Waals surface area contributed by atoms with Gasteiger partial charge in [0, 0.05) is 7.39 Å². The molecule has 0 aromatic rings. The maximum absolute atomic E-state index is 9.08. The number of nitrogens with two attached hydrogens (primary N) is 1. The highest BCUT2D eigenvalue weighted by molar-refractivity contribution is 4.78. The number of rotatable bonds is 0. The molecule has 0 heterocycles. The minimum atomic E-state index is -1.72. The molecule has 2 nitrogen and oxygen atoms in total. The molecular weight excluding hydrogens is 90.1 g/mol. The summed E-state index contributed by atoms with van der Waals surface area (Å²) in [4.78, 5) is 0. The number of hydrogen-bond donors (Lipinski definition) is 2. The lowest BCUT2D eigenvalue weighted by atomic mass is 10.2. The Morgan fingerprint density at radius 2 is 2.43 bits per heavy atom. The van der Waals surface area contributed by atoms with Gasteiger partial charge in [-0.05, 0) is 19.3 Å². The summed E-state index contributed by atoms with van der Waals surface area (Å²) in [5.74, 6) is 0. The van der Waals surface area contributed by atoms with Crippen molar-refractivity contribution in [3.8, 4) is 0 Å². The molecule has 0 saturated heterocycles. The molecule has 1 aliphatic carbocycles. The summed E-state index contributed by atoms with van der Waals surface area (Å²) in [5, 5.41) is 9.08. The van der Waals surface area contributed by atoms with Crippen molar-refractivity contribution in [1.82, 2.24) is 0 Å². The van der Waals surface area contributed by atoms with Crippen LogP contribution in [0.25, 0.3) is 0 Å². The Balaban J connectivity index is 2.75. The SMILES string of the molecule is [2H]C1(N)CCCC1([2H])O. The van der Waals surface area contributed by atoms with Crippen molar-refractivity contribution < 1.29 is 7.85 Å². The summed E-state index contributed by atoms with van der Waals surface area (Å²) in [6.45, 7) is 0. The van der Waals surface area contributed by atoms with Gasteiger partial charge in [0.2, 0.25) is 0 Å². The molecule has 0 aromatic carbocycles. The molecule has 42 valence electrons. The van der Waals surface area contributed by atoms with E-state index < -0.39 is 12.1 Å². The third-order valence-electron chi connectivity index (χ3n) is 1.23. The Kier molecular flexibility index (Phi) is 0.784. The summed E-state index contributed by atoms with van der Waals surface area (Å²) in [7, 11) is 0. The van der Waals surface area contributed by atoms with E-state index in [-0.39, 0.29) is 0 Å². The van der Waals surface area contributed by atoms with Crippen LogP contribution in [0.1, 0.15) is 22.0 Å². The van der Waals surface area contributed by atoms with Crippen LogP contribution in [0.2, 0.25) is 0 Å². The molecule has 2 atom stereocenters. The van der Waals surface area contributed by atoms with Crippen LogP contribution in [0.3, 0.4) is 0 Å². The van der Waals surface area contributed by atoms with Gasteiger partial charge in [-0.2, -0.15) is 0 Å². The summed E-state index contributed by atoms with van der Waals surface area (Å²) >= 11 is 0. The molecule has 1 rings (SSSR count). The fourth-order valence-electron chi connectivity index (χ4n) is 0.751. The van der Waals surface area contributed by atoms with Gasteiger partial charge in [0.25, 0.3) is 0 Å². The zero-order chi connectivity index (χ0) is 7.12. The second-order valence-corrected chi connectivity index (χ2v) is 1.83. The van der Waals surface area contributed by atoms with E-state index in [1.54, 1.807) is 0 Å². The van der Waals surface area contributed by atoms with Gasteiger partial charge in [-0.1, -0.05) is 0 Å². The topological polar surface area (TPSA) is 46.2 Å². The lowest BCUT2D eigenvalue weighted by Crippen LogP contribution is -2.28. The van der Waals surface area contributed by atoms with Crippen LogP contribution in [-0.2, 0) is 0 Å². The predicted octanol–water partition coefficient (Wildman–Crippen LogP) is -0.142. The van der Waals surface area contributed by atoms with E-state index in [4.69, 9.17) is 13.6 Å². The van der Waals surface area contributed by atoms with Crippen molar-refractivity contribution >= 4 is 0 Å². The minimum Gasteiger partial charge on any atom is -0.392 e. The second-order valence-electron chi connectivity index (χ2n) is 1.83. The zero-order valence-electron chi connectivity index (χ0n) is 6.15. The van der Waals surface area contributed by atoms with Gasteiger partial charge in [-0.3, -0.25) is 0 Å². The normalized spacial score (nSPS) is 67.1. The molecule has 2 heteroatoms. The highest BCUT2D eigenvalue weighted by atomic mass is 16.3. The Labute approximate surface area is 46.1 Å². The van der Waals surface area contributed by atoms with E-state index in [0.717, 1.165) is 0 Å². The summed E-state index contributed by atoms with van der Waals surface area (Å²) in [5.41, 5.74) is 5.28. The first kappa shape index (κ1) is 3.05. The van der Waals surface area contributed by atoms with Crippen molar-refractivity contribution in [2.24, 2.45) is 5.73 Å². The molecule has 1 saturated carbocycles. The number of hydrogen-bond acceptors (Lipinski definition) is 2. The Morgan fingerprint density at radius 1 is 1.71 bits per heavy atom. The molecule has 0 aliphatic heterocycles. The highest BCUT2D eigenvalue weighted by Crippen LogP contribution is 2.15. The Morgan fingerprint density at radius 3 is 2.57 bits per heavy atom. The van der Waals surface area contributed by atoms with Gasteiger partial charge in [0.05, 0.1) is 7.45 Å². The van der Waals surface area contributed by atoms with Crippen molar-refractivity contribution in [1.29, 1.82) is 0 Å². The minimum absolute atomic E-state index is 0.326. The van der Waals surface area contributed by atoms with Crippen molar-refractivity contribution in [2.45, 2.75) is 31.4 Å². The van der Waals surface area contributed by atoms with Gasteiger partial charge in [-0.15, -0.1) is 0 Å². The average Bonchev–Trinajstić information content (AvgIpc) is 1.81. The van der Waals surface area contributed by atoms with Gasteiger partial charge in [0.1, 0.15) is 0 Å². The molecule has 3 N–H and O–H groups in total. The molecule has 0 spiro atoms. The fourth-order valence-corrected chi connectivity index (χ4v) is 0.751. The standard InChI is InChI=1S/C5H11NO/c6-4-2-1-3-5(4)7/h4-5,7H,1-3,6H2/i4D,5D. The van der Waals surface area contributed by atoms with E-state index in [9.17, 15) is 0 Å². The Hall–Kier alpha value is -0.0800. The van der Waals surface area contributed by atoms with Gasteiger partial charge >= 0.3 is 0 Å². The summed E-state index contributed by atoms with van der Waals surface area (Å²) in [6, 6.07) is -1.44. The lowest BCUT2D eigenvalue weighted by Gasteiger charge is -2.04. The van der Waals surface area contributed by atoms with Crippen molar-refractivity contribution in [3.05, 3.63) is 0 Å². The first-order valence-corrected chi connectivity index (χ1v) is 2.47. The molecule has 1 fully saturated rings. The predicted molar refractivity (Wildman–Crippen MR) is 27.8 cm³/mol. The maximum Gasteiger partial charge on any atom is 0.0691 e. The van der Waals surface area contributed by atoms with E-state index in [1.165, 1.54) is 0 Å². The first-order chi connectivity index (χ1) is 3.96. The van der Waals surface area contributed by atoms with Crippen molar-refractivity contribution in [2.75, 3.05) is 0 Å². The van der Waals surface area contributed by atoms with Crippen LogP contribution in [-0.4, -0.2) is 17.2 Å². The monoisotopic (exact) mass is 103 g/mol. The van der Waals surface area contributed by atoms with Gasteiger partial charge in [-0.25, -0.2) is 0 Å². The highest BCUT2D eigenvalue weighted by Gasteiger charge is 2.20. The van der Waals surface area contributed by atoms with Crippen LogP contribution < -0.4 is 5.73 Å². The fraction of sp³-hybridized carbons (Fsp3) is 1.00. The van der Waals surface area contributed by atoms with Gasteiger partial charge < -0.3 is 10.8 Å². The third kappa shape index (κ3) is 0.924. The molecule has 0 amide bonds. The van der Waals surface area contributed by atoms with Crippen LogP contribution >= 0.6 is 0 Å². The van der Waals surface area contributed by atoms with Crippen LogP contribution in [0, 0.1) is 0 Å². The lowest BCUT2D eigenvalue weighted by molar-refractivity contribution is 0.165. The average molecular weight is 103 g/mol. The van der Waals surface area contributed by atoms with E-state index >= 15 is 0 Å².